The highest BCUT2D eigenvalue weighted by atomic mass is 32.1. The Morgan fingerprint density at radius 2 is 1.65 bits per heavy atom. The average Bonchev–Trinajstić information content (AvgIpc) is 2.77. The molecule has 0 spiro atoms. The summed E-state index contributed by atoms with van der Waals surface area (Å²) in [6, 6.07) is 16.6. The van der Waals surface area contributed by atoms with Crippen molar-refractivity contribution < 1.29 is 23.9 Å². The smallest absolute Gasteiger partial charge is 0.339 e. The molecule has 0 saturated heterocycles. The molecular weight excluding hydrogens is 416 g/mol. The summed E-state index contributed by atoms with van der Waals surface area (Å²) in [7, 11) is 1.29. The first-order valence-corrected chi connectivity index (χ1v) is 10.4. The molecule has 7 nitrogen and oxygen atoms in total. The van der Waals surface area contributed by atoms with Crippen molar-refractivity contribution in [1.82, 2.24) is 5.32 Å². The molecule has 31 heavy (non-hydrogen) atoms. The van der Waals surface area contributed by atoms with Gasteiger partial charge < -0.3 is 20.1 Å². The standard InChI is InChI=1S/C23H26N2O5S/c1-29-22(28)18-12-5-6-13-19(18)24-23(31)25-20(26)14-7-15-21(27)30-16-8-11-17-9-3-2-4-10-17/h2-6,9-10,12-13H,7-8,11,14-16H2,1H3,(H2,24,25,26,31). The summed E-state index contributed by atoms with van der Waals surface area (Å²) in [5.41, 5.74) is 1.93. The van der Waals surface area contributed by atoms with E-state index in [0.717, 1.165) is 12.8 Å². The van der Waals surface area contributed by atoms with E-state index < -0.39 is 5.97 Å². The maximum Gasteiger partial charge on any atom is 0.339 e. The topological polar surface area (TPSA) is 93.7 Å². The number of thiocarbonyl (C=S) groups is 1. The van der Waals surface area contributed by atoms with Crippen molar-refractivity contribution in [1.29, 1.82) is 0 Å². The zero-order chi connectivity index (χ0) is 22.5. The monoisotopic (exact) mass is 442 g/mol. The van der Waals surface area contributed by atoms with Crippen molar-refractivity contribution in [3.05, 3.63) is 65.7 Å². The zero-order valence-electron chi connectivity index (χ0n) is 17.4. The predicted molar refractivity (Wildman–Crippen MR) is 122 cm³/mol. The molecule has 2 aromatic carbocycles. The van der Waals surface area contributed by atoms with Crippen LogP contribution in [0.15, 0.2) is 54.6 Å². The van der Waals surface area contributed by atoms with E-state index in [-0.39, 0.29) is 29.8 Å². The molecular formula is C23H26N2O5S. The van der Waals surface area contributed by atoms with Gasteiger partial charge in [-0.2, -0.15) is 0 Å². The summed E-state index contributed by atoms with van der Waals surface area (Å²) in [5.74, 6) is -1.17. The van der Waals surface area contributed by atoms with Crippen LogP contribution in [0.4, 0.5) is 5.69 Å². The zero-order valence-corrected chi connectivity index (χ0v) is 18.2. The van der Waals surface area contributed by atoms with Crippen LogP contribution < -0.4 is 10.6 Å². The van der Waals surface area contributed by atoms with Gasteiger partial charge in [0.2, 0.25) is 5.91 Å². The van der Waals surface area contributed by atoms with Gasteiger partial charge in [-0.3, -0.25) is 9.59 Å². The van der Waals surface area contributed by atoms with Crippen molar-refractivity contribution in [2.75, 3.05) is 19.0 Å². The van der Waals surface area contributed by atoms with Gasteiger partial charge in [-0.15, -0.1) is 0 Å². The molecule has 0 bridgehead atoms. The minimum atomic E-state index is -0.514. The van der Waals surface area contributed by atoms with Crippen molar-refractivity contribution in [2.24, 2.45) is 0 Å². The van der Waals surface area contributed by atoms with Crippen molar-refractivity contribution in [3.63, 3.8) is 0 Å². The molecule has 0 radical (unpaired) electrons. The van der Waals surface area contributed by atoms with Gasteiger partial charge in [-0.1, -0.05) is 42.5 Å². The summed E-state index contributed by atoms with van der Waals surface area (Å²) in [6.45, 7) is 0.355. The van der Waals surface area contributed by atoms with E-state index in [2.05, 4.69) is 10.6 Å². The second-order valence-electron chi connectivity index (χ2n) is 6.70. The van der Waals surface area contributed by atoms with Crippen molar-refractivity contribution in [2.45, 2.75) is 32.1 Å². The molecule has 1 amide bonds. The van der Waals surface area contributed by atoms with Crippen molar-refractivity contribution in [3.8, 4) is 0 Å². The lowest BCUT2D eigenvalue weighted by Crippen LogP contribution is -2.34. The van der Waals surface area contributed by atoms with Gasteiger partial charge in [0.05, 0.1) is 25.0 Å². The number of aryl methyl sites for hydroxylation is 1. The van der Waals surface area contributed by atoms with Crippen molar-refractivity contribution >= 4 is 40.9 Å². The highest BCUT2D eigenvalue weighted by Crippen LogP contribution is 2.15. The molecule has 2 aromatic rings. The Kier molecular flexibility index (Phi) is 10.2. The van der Waals surface area contributed by atoms with Gasteiger partial charge in [-0.25, -0.2) is 4.79 Å². The Bertz CT molecular complexity index is 902. The van der Waals surface area contributed by atoms with Crippen LogP contribution in [-0.2, 0) is 25.5 Å². The number of ether oxygens (including phenoxy) is 2. The summed E-state index contributed by atoms with van der Waals surface area (Å²) in [4.78, 5) is 35.6. The van der Waals surface area contributed by atoms with E-state index >= 15 is 0 Å². The van der Waals surface area contributed by atoms with Crippen LogP contribution in [-0.4, -0.2) is 36.7 Å². The highest BCUT2D eigenvalue weighted by molar-refractivity contribution is 7.80. The molecule has 0 saturated carbocycles. The van der Waals surface area contributed by atoms with Gasteiger partial charge in [0.15, 0.2) is 5.11 Å². The first kappa shape index (κ1) is 24.0. The summed E-state index contributed by atoms with van der Waals surface area (Å²) in [6.07, 6.45) is 2.23. The van der Waals surface area contributed by atoms with Gasteiger partial charge >= 0.3 is 11.9 Å². The van der Waals surface area contributed by atoms with Gasteiger partial charge in [-0.05, 0) is 49.2 Å². The number of anilines is 1. The average molecular weight is 443 g/mol. The van der Waals surface area contributed by atoms with Crippen LogP contribution in [0, 0.1) is 0 Å². The quantitative estimate of drug-likeness (QED) is 0.330. The lowest BCUT2D eigenvalue weighted by Gasteiger charge is -2.12. The molecule has 2 N–H and O–H groups in total. The fourth-order valence-corrected chi connectivity index (χ4v) is 3.02. The van der Waals surface area contributed by atoms with E-state index in [1.807, 2.05) is 30.3 Å². The number of hydrogen-bond donors (Lipinski definition) is 2. The predicted octanol–water partition coefficient (Wildman–Crippen LogP) is 3.63. The molecule has 0 atom stereocenters. The molecule has 0 aromatic heterocycles. The minimum absolute atomic E-state index is 0.0600. The first-order valence-electron chi connectivity index (χ1n) is 9.97. The maximum absolute atomic E-state index is 12.0. The lowest BCUT2D eigenvalue weighted by atomic mass is 10.1. The number of carbonyl (C=O) groups excluding carboxylic acids is 3. The van der Waals surface area contributed by atoms with Crippen LogP contribution in [0.2, 0.25) is 0 Å². The summed E-state index contributed by atoms with van der Waals surface area (Å²) in [5, 5.41) is 5.40. The third-order valence-electron chi connectivity index (χ3n) is 4.33. The van der Waals surface area contributed by atoms with E-state index in [4.69, 9.17) is 21.7 Å². The van der Waals surface area contributed by atoms with Crippen LogP contribution in [0.3, 0.4) is 0 Å². The van der Waals surface area contributed by atoms with E-state index in [1.54, 1.807) is 24.3 Å². The SMILES string of the molecule is COC(=O)c1ccccc1NC(=S)NC(=O)CCCC(=O)OCCCc1ccccc1. The molecule has 0 aliphatic carbocycles. The molecule has 0 aliphatic heterocycles. The molecule has 0 aliphatic rings. The Morgan fingerprint density at radius 3 is 2.39 bits per heavy atom. The Morgan fingerprint density at radius 1 is 0.935 bits per heavy atom. The third-order valence-corrected chi connectivity index (χ3v) is 4.54. The number of hydrogen-bond acceptors (Lipinski definition) is 6. The molecule has 0 fully saturated rings. The van der Waals surface area contributed by atoms with E-state index in [0.29, 0.717) is 24.3 Å². The van der Waals surface area contributed by atoms with Gasteiger partial charge in [0.25, 0.3) is 0 Å². The Hall–Kier alpha value is -3.26. The fourth-order valence-electron chi connectivity index (χ4n) is 2.80. The highest BCUT2D eigenvalue weighted by Gasteiger charge is 2.13. The number of rotatable bonds is 10. The molecule has 164 valence electrons. The van der Waals surface area contributed by atoms with Crippen LogP contribution in [0.5, 0.6) is 0 Å². The molecule has 0 unspecified atom stereocenters. The number of amides is 1. The number of esters is 2. The number of para-hydroxylation sites is 1. The van der Waals surface area contributed by atoms with Gasteiger partial charge in [0, 0.05) is 12.8 Å². The largest absolute Gasteiger partial charge is 0.466 e. The number of methoxy groups -OCH3 is 1. The Balaban J connectivity index is 1.62. The second kappa shape index (κ2) is 13.1. The van der Waals surface area contributed by atoms with E-state index in [9.17, 15) is 14.4 Å². The van der Waals surface area contributed by atoms with Crippen LogP contribution in [0.1, 0.15) is 41.6 Å². The number of nitrogens with one attached hydrogen (secondary N) is 2. The summed E-state index contributed by atoms with van der Waals surface area (Å²) < 4.78 is 9.92. The Labute approximate surface area is 187 Å². The molecule has 8 heteroatoms. The van der Waals surface area contributed by atoms with E-state index in [1.165, 1.54) is 12.7 Å². The normalized spacial score (nSPS) is 10.1. The second-order valence-corrected chi connectivity index (χ2v) is 7.11. The number of benzene rings is 2. The number of carbonyl (C=O) groups is 3. The maximum atomic E-state index is 12.0. The minimum Gasteiger partial charge on any atom is -0.466 e. The molecule has 2 rings (SSSR count). The molecule has 0 heterocycles. The summed E-state index contributed by atoms with van der Waals surface area (Å²) >= 11 is 5.12. The third kappa shape index (κ3) is 8.96. The first-order chi connectivity index (χ1) is 15.0. The van der Waals surface area contributed by atoms with Gasteiger partial charge in [0.1, 0.15) is 0 Å². The fraction of sp³-hybridized carbons (Fsp3) is 0.304. The lowest BCUT2D eigenvalue weighted by molar-refractivity contribution is -0.143. The van der Waals surface area contributed by atoms with Crippen LogP contribution in [0.25, 0.3) is 0 Å². The van der Waals surface area contributed by atoms with Crippen LogP contribution >= 0.6 is 12.2 Å².